The Kier molecular flexibility index (Phi) is 4.17. The molecule has 0 radical (unpaired) electrons. The average Bonchev–Trinajstić information content (AvgIpc) is 2.85. The van der Waals surface area contributed by atoms with Gasteiger partial charge in [0.25, 0.3) is 0 Å². The minimum Gasteiger partial charge on any atom is -0.380 e. The molecule has 0 aliphatic carbocycles. The zero-order valence-corrected chi connectivity index (χ0v) is 11.7. The first-order chi connectivity index (χ1) is 9.77. The summed E-state index contributed by atoms with van der Waals surface area (Å²) in [5.74, 6) is 0. The molecule has 2 rings (SSSR count). The van der Waals surface area contributed by atoms with Gasteiger partial charge in [0.05, 0.1) is 10.5 Å². The van der Waals surface area contributed by atoms with Crippen molar-refractivity contribution in [3.05, 3.63) is 56.5 Å². The maximum absolute atomic E-state index is 12.8. The molecule has 112 valence electrons. The Morgan fingerprint density at radius 2 is 2.00 bits per heavy atom. The van der Waals surface area contributed by atoms with Crippen molar-refractivity contribution >= 4 is 22.0 Å². The number of hydrogen-bond donors (Lipinski definition) is 1. The molecular formula is C13H11F3N2O2S. The normalized spacial score (nSPS) is 11.4. The summed E-state index contributed by atoms with van der Waals surface area (Å²) in [6.07, 6.45) is -4.40. The summed E-state index contributed by atoms with van der Waals surface area (Å²) >= 11 is 0.989. The summed E-state index contributed by atoms with van der Waals surface area (Å²) in [5, 5.41) is 13.4. The molecule has 0 atom stereocenters. The van der Waals surface area contributed by atoms with Crippen molar-refractivity contribution in [1.29, 1.82) is 0 Å². The van der Waals surface area contributed by atoms with Crippen LogP contribution in [0.1, 0.15) is 16.0 Å². The molecule has 0 spiro atoms. The van der Waals surface area contributed by atoms with Crippen LogP contribution in [0.4, 0.5) is 23.9 Å². The van der Waals surface area contributed by atoms with Gasteiger partial charge in [-0.3, -0.25) is 10.1 Å². The Hall–Kier alpha value is -2.09. The zero-order valence-electron chi connectivity index (χ0n) is 10.9. The number of thiophene rings is 1. The van der Waals surface area contributed by atoms with Gasteiger partial charge in [-0.1, -0.05) is 17.4 Å². The molecule has 0 aliphatic heterocycles. The number of nitro groups is 1. The van der Waals surface area contributed by atoms with E-state index in [0.29, 0.717) is 10.6 Å². The molecule has 0 aliphatic rings. The molecule has 0 fully saturated rings. The van der Waals surface area contributed by atoms with Crippen LogP contribution in [0.5, 0.6) is 0 Å². The minimum atomic E-state index is -4.40. The van der Waals surface area contributed by atoms with E-state index in [9.17, 15) is 23.3 Å². The van der Waals surface area contributed by atoms with E-state index in [2.05, 4.69) is 5.32 Å². The maximum Gasteiger partial charge on any atom is 0.416 e. The number of halogens is 3. The number of rotatable bonds is 4. The van der Waals surface area contributed by atoms with Crippen molar-refractivity contribution in [2.75, 3.05) is 5.32 Å². The van der Waals surface area contributed by atoms with E-state index in [1.807, 2.05) is 0 Å². The van der Waals surface area contributed by atoms with Crippen LogP contribution in [-0.4, -0.2) is 4.92 Å². The topological polar surface area (TPSA) is 55.2 Å². The lowest BCUT2D eigenvalue weighted by Crippen LogP contribution is -2.08. The zero-order chi connectivity index (χ0) is 15.6. The molecule has 1 aromatic heterocycles. The Labute approximate surface area is 122 Å². The molecule has 21 heavy (non-hydrogen) atoms. The van der Waals surface area contributed by atoms with Gasteiger partial charge in [0.1, 0.15) is 0 Å². The average molecular weight is 316 g/mol. The summed E-state index contributed by atoms with van der Waals surface area (Å²) in [7, 11) is 0. The maximum atomic E-state index is 12.8. The molecule has 4 nitrogen and oxygen atoms in total. The lowest BCUT2D eigenvalue weighted by Gasteiger charge is -2.12. The Bertz CT molecular complexity index is 668. The Balaban J connectivity index is 2.11. The first-order valence-corrected chi connectivity index (χ1v) is 6.74. The highest BCUT2D eigenvalue weighted by molar-refractivity contribution is 7.15. The molecular weight excluding hydrogens is 305 g/mol. The Morgan fingerprint density at radius 1 is 1.29 bits per heavy atom. The third kappa shape index (κ3) is 3.72. The van der Waals surface area contributed by atoms with E-state index in [0.717, 1.165) is 17.4 Å². The fourth-order valence-corrected chi connectivity index (χ4v) is 2.55. The summed E-state index contributed by atoms with van der Waals surface area (Å²) in [6, 6.07) is 6.93. The van der Waals surface area contributed by atoms with Crippen LogP contribution in [0.15, 0.2) is 30.3 Å². The summed E-state index contributed by atoms with van der Waals surface area (Å²) in [5.41, 5.74) is -0.214. The molecule has 1 N–H and O–H groups in total. The van der Waals surface area contributed by atoms with Crippen LogP contribution >= 0.6 is 11.3 Å². The molecule has 0 saturated carbocycles. The van der Waals surface area contributed by atoms with Gasteiger partial charge in [0, 0.05) is 23.2 Å². The number of benzene rings is 1. The molecule has 0 unspecified atom stereocenters. The van der Waals surface area contributed by atoms with E-state index < -0.39 is 16.7 Å². The fraction of sp³-hybridized carbons (Fsp3) is 0.231. The van der Waals surface area contributed by atoms with Gasteiger partial charge in [-0.2, -0.15) is 13.2 Å². The molecule has 8 heteroatoms. The summed E-state index contributed by atoms with van der Waals surface area (Å²) in [4.78, 5) is 10.7. The number of aryl methyl sites for hydroxylation is 1. The highest BCUT2D eigenvalue weighted by Crippen LogP contribution is 2.33. The van der Waals surface area contributed by atoms with Gasteiger partial charge in [0.15, 0.2) is 0 Å². The van der Waals surface area contributed by atoms with Crippen LogP contribution in [0, 0.1) is 17.0 Å². The summed E-state index contributed by atoms with van der Waals surface area (Å²) in [6.45, 7) is 1.63. The predicted octanol–water partition coefficient (Wildman–Crippen LogP) is 4.60. The first-order valence-electron chi connectivity index (χ1n) is 5.92. The van der Waals surface area contributed by atoms with E-state index >= 15 is 0 Å². The number of nitrogens with one attached hydrogen (secondary N) is 1. The van der Waals surface area contributed by atoms with Gasteiger partial charge >= 0.3 is 11.2 Å². The second kappa shape index (κ2) is 5.72. The van der Waals surface area contributed by atoms with Gasteiger partial charge in [0.2, 0.25) is 0 Å². The van der Waals surface area contributed by atoms with Crippen molar-refractivity contribution in [1.82, 2.24) is 0 Å². The standard InChI is InChI=1S/C13H11F3N2O2S/c1-8-2-3-9(6-11(8)13(14,15)16)17-7-10-4-5-12(21-10)18(19)20/h2-6,17H,7H2,1H3. The third-order valence-electron chi connectivity index (χ3n) is 2.84. The molecule has 1 aromatic carbocycles. The number of nitrogens with zero attached hydrogens (tertiary/aromatic N) is 1. The molecule has 0 bridgehead atoms. The largest absolute Gasteiger partial charge is 0.416 e. The predicted molar refractivity (Wildman–Crippen MR) is 74.5 cm³/mol. The summed E-state index contributed by atoms with van der Waals surface area (Å²) < 4.78 is 38.4. The van der Waals surface area contributed by atoms with E-state index in [-0.39, 0.29) is 17.1 Å². The number of anilines is 1. The smallest absolute Gasteiger partial charge is 0.380 e. The molecule has 2 aromatic rings. The van der Waals surface area contributed by atoms with Crippen molar-refractivity contribution in [2.45, 2.75) is 19.6 Å². The van der Waals surface area contributed by atoms with Crippen molar-refractivity contribution in [3.8, 4) is 0 Å². The van der Waals surface area contributed by atoms with E-state index in [1.165, 1.54) is 19.1 Å². The van der Waals surface area contributed by atoms with E-state index in [4.69, 9.17) is 0 Å². The van der Waals surface area contributed by atoms with Gasteiger partial charge < -0.3 is 5.32 Å². The molecule has 0 saturated heterocycles. The number of alkyl halides is 3. The SMILES string of the molecule is Cc1ccc(NCc2ccc([N+](=O)[O-])s2)cc1C(F)(F)F. The highest BCUT2D eigenvalue weighted by atomic mass is 32.1. The third-order valence-corrected chi connectivity index (χ3v) is 3.87. The van der Waals surface area contributed by atoms with Crippen LogP contribution in [0.3, 0.4) is 0 Å². The van der Waals surface area contributed by atoms with Crippen molar-refractivity contribution in [3.63, 3.8) is 0 Å². The molecule has 1 heterocycles. The minimum absolute atomic E-state index is 0.00619. The lowest BCUT2D eigenvalue weighted by atomic mass is 10.1. The lowest BCUT2D eigenvalue weighted by molar-refractivity contribution is -0.380. The van der Waals surface area contributed by atoms with Crippen LogP contribution in [0.25, 0.3) is 0 Å². The van der Waals surface area contributed by atoms with Crippen LogP contribution in [0.2, 0.25) is 0 Å². The molecule has 0 amide bonds. The van der Waals surface area contributed by atoms with E-state index in [1.54, 1.807) is 12.1 Å². The van der Waals surface area contributed by atoms with Crippen LogP contribution < -0.4 is 5.32 Å². The van der Waals surface area contributed by atoms with Gasteiger partial charge in [-0.25, -0.2) is 0 Å². The number of hydrogen-bond acceptors (Lipinski definition) is 4. The van der Waals surface area contributed by atoms with Crippen molar-refractivity contribution in [2.24, 2.45) is 0 Å². The quantitative estimate of drug-likeness (QED) is 0.662. The van der Waals surface area contributed by atoms with Crippen molar-refractivity contribution < 1.29 is 18.1 Å². The second-order valence-electron chi connectivity index (χ2n) is 4.38. The van der Waals surface area contributed by atoms with Crippen LogP contribution in [-0.2, 0) is 12.7 Å². The first kappa shape index (κ1) is 15.3. The Morgan fingerprint density at radius 3 is 2.57 bits per heavy atom. The fourth-order valence-electron chi connectivity index (χ4n) is 1.79. The second-order valence-corrected chi connectivity index (χ2v) is 5.52. The highest BCUT2D eigenvalue weighted by Gasteiger charge is 2.32. The van der Waals surface area contributed by atoms with Gasteiger partial charge in [-0.05, 0) is 30.7 Å². The monoisotopic (exact) mass is 316 g/mol. The van der Waals surface area contributed by atoms with Gasteiger partial charge in [-0.15, -0.1) is 0 Å².